The van der Waals surface area contributed by atoms with E-state index < -0.39 is 0 Å². The monoisotopic (exact) mass is 307 g/mol. The molecule has 1 fully saturated rings. The number of nitrogens with one attached hydrogen (secondary N) is 1. The zero-order valence-electron chi connectivity index (χ0n) is 10.9. The van der Waals surface area contributed by atoms with Crippen LogP contribution in [0.3, 0.4) is 0 Å². The first-order chi connectivity index (χ1) is 9.61. The van der Waals surface area contributed by atoms with E-state index in [1.807, 2.05) is 25.1 Å². The summed E-state index contributed by atoms with van der Waals surface area (Å²) in [5, 5.41) is 3.31. The largest absolute Gasteiger partial charge is 0.323 e. The molecule has 1 aliphatic heterocycles. The summed E-state index contributed by atoms with van der Waals surface area (Å²) in [6.45, 7) is 2.75. The number of hydrogen-bond donors (Lipinski definition) is 1. The Kier molecular flexibility index (Phi) is 3.62. The van der Waals surface area contributed by atoms with Crippen molar-refractivity contribution in [2.45, 2.75) is 6.92 Å². The maximum atomic E-state index is 11.9. The van der Waals surface area contributed by atoms with Crippen LogP contribution in [0.5, 0.6) is 0 Å². The normalized spacial score (nSPS) is 15.1. The standard InChI is InChI=1S/C13H13N3O2S2/c1-8-2-3-9-10(6-8)20-12(14-9)15-11(17)7-16-4-5-19-13(16)18/h2-3,6H,4-5,7H2,1H3,(H,14,15,17). The Bertz CT molecular complexity index is 683. The van der Waals surface area contributed by atoms with Crippen LogP contribution in [0, 0.1) is 6.92 Å². The Labute approximate surface area is 124 Å². The summed E-state index contributed by atoms with van der Waals surface area (Å²) in [6, 6.07) is 5.98. The van der Waals surface area contributed by atoms with Crippen molar-refractivity contribution in [1.82, 2.24) is 9.88 Å². The quantitative estimate of drug-likeness (QED) is 0.947. The molecule has 5 nitrogen and oxygen atoms in total. The number of benzene rings is 1. The summed E-state index contributed by atoms with van der Waals surface area (Å²) >= 11 is 2.70. The minimum absolute atomic E-state index is 0.0277. The van der Waals surface area contributed by atoms with Gasteiger partial charge in [-0.3, -0.25) is 9.59 Å². The Hall–Kier alpha value is -1.60. The van der Waals surface area contributed by atoms with Gasteiger partial charge in [0.2, 0.25) is 5.91 Å². The molecule has 0 radical (unpaired) electrons. The molecule has 7 heteroatoms. The Morgan fingerprint density at radius 1 is 1.50 bits per heavy atom. The number of rotatable bonds is 3. The van der Waals surface area contributed by atoms with E-state index >= 15 is 0 Å². The molecule has 20 heavy (non-hydrogen) atoms. The zero-order valence-corrected chi connectivity index (χ0v) is 12.5. The molecule has 0 saturated carbocycles. The van der Waals surface area contributed by atoms with Gasteiger partial charge in [-0.1, -0.05) is 29.2 Å². The molecule has 2 amide bonds. The van der Waals surface area contributed by atoms with Crippen molar-refractivity contribution in [3.05, 3.63) is 23.8 Å². The second-order valence-electron chi connectivity index (χ2n) is 4.57. The Morgan fingerprint density at radius 2 is 2.35 bits per heavy atom. The van der Waals surface area contributed by atoms with E-state index in [4.69, 9.17) is 0 Å². The highest BCUT2D eigenvalue weighted by atomic mass is 32.2. The van der Waals surface area contributed by atoms with Crippen LogP contribution in [0.4, 0.5) is 9.93 Å². The lowest BCUT2D eigenvalue weighted by molar-refractivity contribution is -0.116. The van der Waals surface area contributed by atoms with E-state index in [1.54, 1.807) is 4.90 Å². The number of aryl methyl sites for hydroxylation is 1. The van der Waals surface area contributed by atoms with Crippen LogP contribution in [-0.2, 0) is 4.79 Å². The van der Waals surface area contributed by atoms with Gasteiger partial charge in [-0.05, 0) is 24.6 Å². The summed E-state index contributed by atoms with van der Waals surface area (Å²) in [5.74, 6) is 0.559. The predicted molar refractivity (Wildman–Crippen MR) is 82.4 cm³/mol. The first kappa shape index (κ1) is 13.4. The first-order valence-electron chi connectivity index (χ1n) is 6.20. The van der Waals surface area contributed by atoms with Crippen LogP contribution >= 0.6 is 23.1 Å². The fourth-order valence-electron chi connectivity index (χ4n) is 1.99. The van der Waals surface area contributed by atoms with Gasteiger partial charge in [0.1, 0.15) is 6.54 Å². The van der Waals surface area contributed by atoms with Gasteiger partial charge in [-0.2, -0.15) is 0 Å². The lowest BCUT2D eigenvalue weighted by atomic mass is 10.2. The van der Waals surface area contributed by atoms with Crippen molar-refractivity contribution in [3.63, 3.8) is 0 Å². The summed E-state index contributed by atoms with van der Waals surface area (Å²) in [7, 11) is 0. The highest BCUT2D eigenvalue weighted by Gasteiger charge is 2.23. The number of anilines is 1. The average molecular weight is 307 g/mol. The Morgan fingerprint density at radius 3 is 3.10 bits per heavy atom. The van der Waals surface area contributed by atoms with E-state index in [2.05, 4.69) is 10.3 Å². The highest BCUT2D eigenvalue weighted by molar-refractivity contribution is 8.13. The van der Waals surface area contributed by atoms with Gasteiger partial charge in [0.25, 0.3) is 5.24 Å². The third-order valence-electron chi connectivity index (χ3n) is 2.97. The molecule has 1 aromatic carbocycles. The van der Waals surface area contributed by atoms with Crippen molar-refractivity contribution in [2.75, 3.05) is 24.2 Å². The van der Waals surface area contributed by atoms with Crippen LogP contribution in [0.15, 0.2) is 18.2 Å². The first-order valence-corrected chi connectivity index (χ1v) is 8.01. The van der Waals surface area contributed by atoms with Crippen molar-refractivity contribution >= 4 is 49.6 Å². The average Bonchev–Trinajstić information content (AvgIpc) is 2.95. The smallest absolute Gasteiger partial charge is 0.282 e. The number of nitrogens with zero attached hydrogens (tertiary/aromatic N) is 2. The third kappa shape index (κ3) is 2.78. The van der Waals surface area contributed by atoms with Gasteiger partial charge in [0.05, 0.1) is 10.2 Å². The maximum absolute atomic E-state index is 11.9. The maximum Gasteiger partial charge on any atom is 0.282 e. The van der Waals surface area contributed by atoms with Crippen LogP contribution in [0.2, 0.25) is 0 Å². The molecule has 2 aromatic rings. The third-order valence-corrected chi connectivity index (χ3v) is 4.80. The van der Waals surface area contributed by atoms with Crippen molar-refractivity contribution < 1.29 is 9.59 Å². The number of thiazole rings is 1. The molecule has 2 heterocycles. The molecular formula is C13H13N3O2S2. The molecule has 1 aliphatic rings. The van der Waals surface area contributed by atoms with Crippen LogP contribution in [0.25, 0.3) is 10.2 Å². The van der Waals surface area contributed by atoms with E-state index in [0.29, 0.717) is 11.7 Å². The van der Waals surface area contributed by atoms with Crippen molar-refractivity contribution in [3.8, 4) is 0 Å². The van der Waals surface area contributed by atoms with Gasteiger partial charge in [-0.15, -0.1) is 0 Å². The van der Waals surface area contributed by atoms with Gasteiger partial charge in [0.15, 0.2) is 5.13 Å². The molecule has 0 bridgehead atoms. The number of thioether (sulfide) groups is 1. The molecule has 1 saturated heterocycles. The zero-order chi connectivity index (χ0) is 14.1. The second kappa shape index (κ2) is 5.41. The fraction of sp³-hybridized carbons (Fsp3) is 0.308. The molecule has 0 spiro atoms. The van der Waals surface area contributed by atoms with Crippen molar-refractivity contribution in [2.24, 2.45) is 0 Å². The number of hydrogen-bond acceptors (Lipinski definition) is 5. The number of amides is 2. The van der Waals surface area contributed by atoms with Crippen LogP contribution in [-0.4, -0.2) is 39.9 Å². The summed E-state index contributed by atoms with van der Waals surface area (Å²) in [5.41, 5.74) is 2.04. The highest BCUT2D eigenvalue weighted by Crippen LogP contribution is 2.26. The van der Waals surface area contributed by atoms with Crippen molar-refractivity contribution in [1.29, 1.82) is 0 Å². The van der Waals surface area contributed by atoms with Crippen LogP contribution in [0.1, 0.15) is 5.56 Å². The molecule has 1 aromatic heterocycles. The molecule has 0 unspecified atom stereocenters. The summed E-state index contributed by atoms with van der Waals surface area (Å²) in [4.78, 5) is 29.3. The Balaban J connectivity index is 1.69. The molecule has 0 atom stereocenters. The van der Waals surface area contributed by atoms with E-state index in [1.165, 1.54) is 28.7 Å². The molecule has 104 valence electrons. The topological polar surface area (TPSA) is 62.3 Å². The van der Waals surface area contributed by atoms with E-state index in [-0.39, 0.29) is 17.7 Å². The minimum Gasteiger partial charge on any atom is -0.323 e. The van der Waals surface area contributed by atoms with Gasteiger partial charge in [0, 0.05) is 12.3 Å². The van der Waals surface area contributed by atoms with Crippen LogP contribution < -0.4 is 5.32 Å². The number of carbonyl (C=O) groups excluding carboxylic acids is 2. The lowest BCUT2D eigenvalue weighted by Gasteiger charge is -2.12. The van der Waals surface area contributed by atoms with Gasteiger partial charge in [-0.25, -0.2) is 4.98 Å². The number of fused-ring (bicyclic) bond motifs is 1. The van der Waals surface area contributed by atoms with E-state index in [0.717, 1.165) is 16.0 Å². The number of carbonyl (C=O) groups is 2. The van der Waals surface area contributed by atoms with Gasteiger partial charge >= 0.3 is 0 Å². The molecule has 1 N–H and O–H groups in total. The van der Waals surface area contributed by atoms with Gasteiger partial charge < -0.3 is 10.2 Å². The summed E-state index contributed by atoms with van der Waals surface area (Å²) in [6.07, 6.45) is 0. The molecule has 3 rings (SSSR count). The second-order valence-corrected chi connectivity index (χ2v) is 6.65. The molecular weight excluding hydrogens is 294 g/mol. The minimum atomic E-state index is -0.198. The molecule has 0 aliphatic carbocycles. The van der Waals surface area contributed by atoms with E-state index in [9.17, 15) is 9.59 Å². The predicted octanol–water partition coefficient (Wildman–Crippen LogP) is 2.71. The summed E-state index contributed by atoms with van der Waals surface area (Å²) < 4.78 is 1.05. The lowest BCUT2D eigenvalue weighted by Crippen LogP contribution is -2.33. The SMILES string of the molecule is Cc1ccc2nc(NC(=O)CN3CCSC3=O)sc2c1. The number of aromatic nitrogens is 1. The fourth-order valence-corrected chi connectivity index (χ4v) is 3.79.